The summed E-state index contributed by atoms with van der Waals surface area (Å²) < 4.78 is 11.6. The van der Waals surface area contributed by atoms with Gasteiger partial charge >= 0.3 is 0 Å². The zero-order chi connectivity index (χ0) is 13.5. The Morgan fingerprint density at radius 1 is 1.44 bits per heavy atom. The average molecular weight is 268 g/mol. The zero-order valence-corrected chi connectivity index (χ0v) is 11.6. The fraction of sp³-hybridized carbons (Fsp3) is 0.462. The second-order valence-corrected chi connectivity index (χ2v) is 6.22. The SMILES string of the molecule is CC(C)CCS(=O)CC(=O)Nc1cccc(N)c1. The number of rotatable bonds is 6. The van der Waals surface area contributed by atoms with Gasteiger partial charge in [0, 0.05) is 27.9 Å². The van der Waals surface area contributed by atoms with Gasteiger partial charge in [-0.05, 0) is 30.5 Å². The molecule has 0 spiro atoms. The highest BCUT2D eigenvalue weighted by molar-refractivity contribution is 7.85. The lowest BCUT2D eigenvalue weighted by Crippen LogP contribution is -2.21. The predicted molar refractivity (Wildman–Crippen MR) is 76.8 cm³/mol. The lowest BCUT2D eigenvalue weighted by molar-refractivity contribution is -0.113. The van der Waals surface area contributed by atoms with Crippen LogP contribution in [0.2, 0.25) is 0 Å². The number of hydrogen-bond acceptors (Lipinski definition) is 3. The van der Waals surface area contributed by atoms with E-state index < -0.39 is 10.8 Å². The van der Waals surface area contributed by atoms with E-state index in [-0.39, 0.29) is 11.7 Å². The molecule has 100 valence electrons. The normalized spacial score (nSPS) is 12.4. The minimum Gasteiger partial charge on any atom is -0.399 e. The van der Waals surface area contributed by atoms with E-state index in [0.717, 1.165) is 6.42 Å². The van der Waals surface area contributed by atoms with Crippen LogP contribution in [0.15, 0.2) is 24.3 Å². The van der Waals surface area contributed by atoms with Crippen LogP contribution < -0.4 is 11.1 Å². The van der Waals surface area contributed by atoms with E-state index in [4.69, 9.17) is 5.73 Å². The molecule has 1 atom stereocenters. The summed E-state index contributed by atoms with van der Waals surface area (Å²) >= 11 is 0. The number of anilines is 2. The highest BCUT2D eigenvalue weighted by atomic mass is 32.2. The molecule has 1 amide bonds. The van der Waals surface area contributed by atoms with E-state index in [1.54, 1.807) is 24.3 Å². The Morgan fingerprint density at radius 3 is 2.78 bits per heavy atom. The van der Waals surface area contributed by atoms with Gasteiger partial charge in [0.2, 0.25) is 5.91 Å². The van der Waals surface area contributed by atoms with Crippen LogP contribution in [0.4, 0.5) is 11.4 Å². The standard InChI is InChI=1S/C13H20N2O2S/c1-10(2)6-7-18(17)9-13(16)15-12-5-3-4-11(14)8-12/h3-5,8,10H,6-7,9,14H2,1-2H3,(H,15,16). The maximum Gasteiger partial charge on any atom is 0.236 e. The van der Waals surface area contributed by atoms with E-state index in [9.17, 15) is 9.00 Å². The second kappa shape index (κ2) is 7.16. The number of nitrogens with one attached hydrogen (secondary N) is 1. The van der Waals surface area contributed by atoms with Crippen LogP contribution in [0, 0.1) is 5.92 Å². The first-order valence-corrected chi connectivity index (χ1v) is 7.46. The molecule has 0 aromatic heterocycles. The molecule has 0 aliphatic heterocycles. The van der Waals surface area contributed by atoms with Crippen molar-refractivity contribution in [1.29, 1.82) is 0 Å². The van der Waals surface area contributed by atoms with Crippen molar-refractivity contribution in [3.63, 3.8) is 0 Å². The molecule has 0 aliphatic carbocycles. The summed E-state index contributed by atoms with van der Waals surface area (Å²) in [4.78, 5) is 11.6. The molecule has 0 aliphatic rings. The quantitative estimate of drug-likeness (QED) is 0.775. The van der Waals surface area contributed by atoms with Gasteiger partial charge in [0.05, 0.1) is 0 Å². The van der Waals surface area contributed by atoms with Gasteiger partial charge in [0.1, 0.15) is 5.75 Å². The Morgan fingerprint density at radius 2 is 2.17 bits per heavy atom. The summed E-state index contributed by atoms with van der Waals surface area (Å²) in [5.74, 6) is 0.886. The summed E-state index contributed by atoms with van der Waals surface area (Å²) in [6, 6.07) is 6.94. The Bertz CT molecular complexity index is 433. The molecule has 0 fully saturated rings. The van der Waals surface area contributed by atoms with E-state index >= 15 is 0 Å². The Labute approximate surface area is 110 Å². The predicted octanol–water partition coefficient (Wildman–Crippen LogP) is 2.00. The average Bonchev–Trinajstić information content (AvgIpc) is 2.26. The van der Waals surface area contributed by atoms with Crippen LogP contribution in [-0.4, -0.2) is 21.6 Å². The van der Waals surface area contributed by atoms with Crippen molar-refractivity contribution in [1.82, 2.24) is 0 Å². The van der Waals surface area contributed by atoms with E-state index in [0.29, 0.717) is 23.0 Å². The number of benzene rings is 1. The summed E-state index contributed by atoms with van der Waals surface area (Å²) in [7, 11) is -1.09. The molecule has 1 unspecified atom stereocenters. The second-order valence-electron chi connectivity index (χ2n) is 4.64. The maximum atomic E-state index is 11.6. The number of carbonyl (C=O) groups excluding carboxylic acids is 1. The number of carbonyl (C=O) groups is 1. The molecular formula is C13H20N2O2S. The first kappa shape index (κ1) is 14.7. The molecule has 1 aromatic carbocycles. The van der Waals surface area contributed by atoms with Gasteiger partial charge in [-0.1, -0.05) is 19.9 Å². The largest absolute Gasteiger partial charge is 0.399 e. The molecule has 0 saturated heterocycles. The van der Waals surface area contributed by atoms with Crippen molar-refractivity contribution < 1.29 is 9.00 Å². The minimum absolute atomic E-state index is 0.0432. The summed E-state index contributed by atoms with van der Waals surface area (Å²) in [6.07, 6.45) is 0.873. The van der Waals surface area contributed by atoms with Crippen LogP contribution in [0.25, 0.3) is 0 Å². The van der Waals surface area contributed by atoms with Crippen LogP contribution in [-0.2, 0) is 15.6 Å². The molecule has 4 nitrogen and oxygen atoms in total. The monoisotopic (exact) mass is 268 g/mol. The Hall–Kier alpha value is -1.36. The minimum atomic E-state index is -1.09. The number of nitrogens with two attached hydrogens (primary N) is 1. The van der Waals surface area contributed by atoms with E-state index in [1.807, 2.05) is 0 Å². The lowest BCUT2D eigenvalue weighted by Gasteiger charge is -2.07. The highest BCUT2D eigenvalue weighted by Gasteiger charge is 2.09. The van der Waals surface area contributed by atoms with E-state index in [1.165, 1.54) is 0 Å². The van der Waals surface area contributed by atoms with Crippen LogP contribution >= 0.6 is 0 Å². The molecule has 3 N–H and O–H groups in total. The summed E-state index contributed by atoms with van der Waals surface area (Å²) in [6.45, 7) is 4.15. The summed E-state index contributed by atoms with van der Waals surface area (Å²) in [5.41, 5.74) is 6.84. The first-order valence-electron chi connectivity index (χ1n) is 5.97. The molecule has 0 bridgehead atoms. The smallest absolute Gasteiger partial charge is 0.236 e. The number of amides is 1. The van der Waals surface area contributed by atoms with Crippen LogP contribution in [0.1, 0.15) is 20.3 Å². The fourth-order valence-electron chi connectivity index (χ4n) is 1.40. The number of nitrogen functional groups attached to an aromatic ring is 1. The Balaban J connectivity index is 2.40. The molecule has 18 heavy (non-hydrogen) atoms. The third kappa shape index (κ3) is 5.82. The van der Waals surface area contributed by atoms with Crippen LogP contribution in [0.3, 0.4) is 0 Å². The first-order chi connectivity index (χ1) is 8.47. The highest BCUT2D eigenvalue weighted by Crippen LogP contribution is 2.11. The van der Waals surface area contributed by atoms with Crippen molar-refractivity contribution >= 4 is 28.1 Å². The lowest BCUT2D eigenvalue weighted by atomic mass is 10.2. The van der Waals surface area contributed by atoms with Gasteiger partial charge in [0.15, 0.2) is 0 Å². The molecule has 1 aromatic rings. The molecule has 0 saturated carbocycles. The van der Waals surface area contributed by atoms with Gasteiger partial charge in [-0.25, -0.2) is 0 Å². The van der Waals surface area contributed by atoms with Gasteiger partial charge in [0.25, 0.3) is 0 Å². The van der Waals surface area contributed by atoms with Gasteiger partial charge in [-0.2, -0.15) is 0 Å². The van der Waals surface area contributed by atoms with Gasteiger partial charge in [-0.15, -0.1) is 0 Å². The van der Waals surface area contributed by atoms with Gasteiger partial charge in [-0.3, -0.25) is 9.00 Å². The van der Waals surface area contributed by atoms with Crippen molar-refractivity contribution in [3.05, 3.63) is 24.3 Å². The van der Waals surface area contributed by atoms with E-state index in [2.05, 4.69) is 19.2 Å². The molecular weight excluding hydrogens is 248 g/mol. The molecule has 5 heteroatoms. The van der Waals surface area contributed by atoms with Crippen LogP contribution in [0.5, 0.6) is 0 Å². The topological polar surface area (TPSA) is 72.2 Å². The van der Waals surface area contributed by atoms with Crippen molar-refractivity contribution in [3.8, 4) is 0 Å². The van der Waals surface area contributed by atoms with Crippen molar-refractivity contribution in [2.75, 3.05) is 22.6 Å². The zero-order valence-electron chi connectivity index (χ0n) is 10.8. The molecule has 0 radical (unpaired) electrons. The fourth-order valence-corrected chi connectivity index (χ4v) is 2.64. The van der Waals surface area contributed by atoms with Gasteiger partial charge < -0.3 is 11.1 Å². The summed E-state index contributed by atoms with van der Waals surface area (Å²) in [5, 5.41) is 2.69. The molecule has 0 heterocycles. The van der Waals surface area contributed by atoms with Crippen molar-refractivity contribution in [2.24, 2.45) is 5.92 Å². The Kier molecular flexibility index (Phi) is 5.85. The third-order valence-corrected chi connectivity index (χ3v) is 3.66. The third-order valence-electron chi connectivity index (χ3n) is 2.39. The van der Waals surface area contributed by atoms with Crippen molar-refractivity contribution in [2.45, 2.75) is 20.3 Å². The maximum absolute atomic E-state index is 11.6. The molecule has 1 rings (SSSR count). The number of hydrogen-bond donors (Lipinski definition) is 2.